The van der Waals surface area contributed by atoms with Crippen LogP contribution in [0, 0.1) is 34.9 Å². The molecule has 199 valence electrons. The number of benzene rings is 3. The molecule has 37 heavy (non-hydrogen) atoms. The lowest BCUT2D eigenvalue weighted by molar-refractivity contribution is -0.189. The first-order valence-electron chi connectivity index (χ1n) is 10.4. The van der Waals surface area contributed by atoms with Gasteiger partial charge in [-0.2, -0.15) is 17.6 Å². The van der Waals surface area contributed by atoms with Crippen LogP contribution in [-0.4, -0.2) is 6.61 Å². The van der Waals surface area contributed by atoms with E-state index >= 15 is 4.39 Å². The molecule has 0 spiro atoms. The molecule has 0 N–H and O–H groups in total. The van der Waals surface area contributed by atoms with Gasteiger partial charge in [-0.15, -0.1) is 0 Å². The second kappa shape index (κ2) is 10.8. The van der Waals surface area contributed by atoms with E-state index in [0.29, 0.717) is 12.8 Å². The number of hydrogen-bond acceptors (Lipinski definition) is 2. The topological polar surface area (TPSA) is 38.4 Å². The lowest BCUT2D eigenvalue weighted by Crippen LogP contribution is -2.26. The second-order valence-corrected chi connectivity index (χ2v) is 7.67. The highest BCUT2D eigenvalue weighted by molar-refractivity contribution is 5.73. The van der Waals surface area contributed by atoms with Crippen molar-refractivity contribution in [2.75, 3.05) is 0 Å². The summed E-state index contributed by atoms with van der Waals surface area (Å²) < 4.78 is 148. The van der Waals surface area contributed by atoms with E-state index in [1.165, 1.54) is 0 Å². The number of unbranched alkanes of at least 4 members (excludes halogenated alkanes) is 1. The zero-order chi connectivity index (χ0) is 27.7. The molecule has 3 rings (SSSR count). The third-order valence-electron chi connectivity index (χ3n) is 5.07. The zero-order valence-corrected chi connectivity index (χ0v) is 18.6. The fourth-order valence-corrected chi connectivity index (χ4v) is 3.48. The molecule has 0 fully saturated rings. The summed E-state index contributed by atoms with van der Waals surface area (Å²) in [6.07, 6.45) is -3.71. The number of ether oxygens (including phenoxy) is 2. The van der Waals surface area contributed by atoms with Crippen molar-refractivity contribution < 1.29 is 58.5 Å². The van der Waals surface area contributed by atoms with Crippen molar-refractivity contribution in [2.24, 2.45) is 0 Å². The van der Waals surface area contributed by atoms with E-state index in [-0.39, 0.29) is 30.2 Å². The minimum absolute atomic E-state index is 0.0399. The van der Waals surface area contributed by atoms with Crippen molar-refractivity contribution in [1.82, 2.24) is 0 Å². The summed E-state index contributed by atoms with van der Waals surface area (Å²) in [5.41, 5.74) is -5.09. The summed E-state index contributed by atoms with van der Waals surface area (Å²) in [5, 5.41) is 12.2. The lowest BCUT2D eigenvalue weighted by Gasteiger charge is -2.21. The van der Waals surface area contributed by atoms with Crippen LogP contribution in [0.25, 0.3) is 11.1 Å². The molecule has 0 atom stereocenters. The average molecular weight is 541 g/mol. The van der Waals surface area contributed by atoms with Crippen LogP contribution in [0.1, 0.15) is 30.9 Å². The highest BCUT2D eigenvalue weighted by atomic mass is 19.3. The molecular weight excluding hydrogens is 526 g/mol. The highest BCUT2D eigenvalue weighted by Crippen LogP contribution is 2.44. The molecule has 0 unspecified atom stereocenters. The van der Waals surface area contributed by atoms with E-state index in [0.717, 1.165) is 12.1 Å². The number of alkyl halides is 4. The quantitative estimate of drug-likeness (QED) is 0.255. The SMILES string of the molecule is CCCCc1cc(F)c(-c2c([O])cc(F)c(C(F)(F)Oc3cc(F)c(OC(F)F)c(F)c3)c2F)c(F)c1. The fourth-order valence-electron chi connectivity index (χ4n) is 3.48. The second-order valence-electron chi connectivity index (χ2n) is 7.67. The molecule has 1 radical (unpaired) electrons. The summed E-state index contributed by atoms with van der Waals surface area (Å²) in [7, 11) is 0. The summed E-state index contributed by atoms with van der Waals surface area (Å²) in [6.45, 7) is -1.87. The van der Waals surface area contributed by atoms with E-state index in [4.69, 9.17) is 0 Å². The normalized spacial score (nSPS) is 11.8. The third-order valence-corrected chi connectivity index (χ3v) is 5.07. The maximum atomic E-state index is 15.1. The van der Waals surface area contributed by atoms with E-state index in [1.54, 1.807) is 6.92 Å². The van der Waals surface area contributed by atoms with Gasteiger partial charge in [0.1, 0.15) is 28.8 Å². The van der Waals surface area contributed by atoms with Gasteiger partial charge in [0.15, 0.2) is 29.0 Å². The summed E-state index contributed by atoms with van der Waals surface area (Å²) in [4.78, 5) is 0. The first-order valence-corrected chi connectivity index (χ1v) is 10.4. The molecule has 0 saturated carbocycles. The predicted octanol–water partition coefficient (Wildman–Crippen LogP) is 8.40. The Balaban J connectivity index is 2.09. The maximum Gasteiger partial charge on any atom is 0.432 e. The highest BCUT2D eigenvalue weighted by Gasteiger charge is 2.44. The molecule has 0 aliphatic rings. The molecule has 3 nitrogen and oxygen atoms in total. The van der Waals surface area contributed by atoms with Crippen LogP contribution in [0.5, 0.6) is 17.2 Å². The van der Waals surface area contributed by atoms with Gasteiger partial charge in [-0.1, -0.05) is 13.3 Å². The van der Waals surface area contributed by atoms with Crippen molar-refractivity contribution in [3.05, 3.63) is 76.4 Å². The Kier molecular flexibility index (Phi) is 8.13. The van der Waals surface area contributed by atoms with Crippen molar-refractivity contribution in [1.29, 1.82) is 0 Å². The van der Waals surface area contributed by atoms with Gasteiger partial charge in [0.05, 0.1) is 11.1 Å². The van der Waals surface area contributed by atoms with Crippen molar-refractivity contribution in [3.63, 3.8) is 0 Å². The van der Waals surface area contributed by atoms with Crippen molar-refractivity contribution in [3.8, 4) is 28.4 Å². The number of hydrogen-bond donors (Lipinski definition) is 0. The van der Waals surface area contributed by atoms with Crippen molar-refractivity contribution in [2.45, 2.75) is 38.9 Å². The van der Waals surface area contributed by atoms with Gasteiger partial charge in [-0.05, 0) is 30.5 Å². The number of aryl methyl sites for hydroxylation is 1. The van der Waals surface area contributed by atoms with E-state index < -0.39 is 81.6 Å². The molecular formula is C24H15F10O3. The van der Waals surface area contributed by atoms with Crippen LogP contribution in [-0.2, 0) is 17.6 Å². The van der Waals surface area contributed by atoms with Crippen LogP contribution in [0.2, 0.25) is 0 Å². The Morgan fingerprint density at radius 2 is 1.38 bits per heavy atom. The van der Waals surface area contributed by atoms with Gasteiger partial charge in [-0.3, -0.25) is 5.11 Å². The Labute approximate surface area is 202 Å². The molecule has 0 heterocycles. The lowest BCUT2D eigenvalue weighted by atomic mass is 9.96. The van der Waals surface area contributed by atoms with Gasteiger partial charge < -0.3 is 9.47 Å². The van der Waals surface area contributed by atoms with E-state index in [9.17, 15) is 44.6 Å². The van der Waals surface area contributed by atoms with Gasteiger partial charge in [0, 0.05) is 18.2 Å². The monoisotopic (exact) mass is 541 g/mol. The van der Waals surface area contributed by atoms with E-state index in [1.807, 2.05) is 0 Å². The molecule has 0 saturated heterocycles. The molecule has 0 amide bonds. The van der Waals surface area contributed by atoms with Crippen LogP contribution in [0.15, 0.2) is 30.3 Å². The molecule has 0 bridgehead atoms. The van der Waals surface area contributed by atoms with Crippen molar-refractivity contribution >= 4 is 0 Å². The van der Waals surface area contributed by atoms with Crippen LogP contribution in [0.4, 0.5) is 43.9 Å². The minimum Gasteiger partial charge on any atom is -0.429 e. The Hall–Kier alpha value is -3.64. The number of halogens is 10. The Morgan fingerprint density at radius 3 is 1.89 bits per heavy atom. The third kappa shape index (κ3) is 5.86. The average Bonchev–Trinajstić information content (AvgIpc) is 2.75. The summed E-state index contributed by atoms with van der Waals surface area (Å²) in [5.74, 6) is -16.2. The standard InChI is InChI=1S/C24H15F10O3/c1-2-3-4-10-5-12(25)18(13(26)6-10)19-17(35)9-14(27)20(21(19)30)24(33,34)37-11-7-15(28)22(16(29)8-11)36-23(31)32/h5-9,23H,2-4H2,1H3. The molecule has 13 heteroatoms. The zero-order valence-electron chi connectivity index (χ0n) is 18.6. The Bertz CT molecular complexity index is 1260. The molecule has 0 aliphatic carbocycles. The van der Waals surface area contributed by atoms with Crippen LogP contribution in [0.3, 0.4) is 0 Å². The number of rotatable bonds is 9. The van der Waals surface area contributed by atoms with Gasteiger partial charge >= 0.3 is 12.7 Å². The fraction of sp³-hybridized carbons (Fsp3) is 0.250. The first-order chi connectivity index (χ1) is 17.3. The van der Waals surface area contributed by atoms with Gasteiger partial charge in [0.25, 0.3) is 0 Å². The molecule has 3 aromatic rings. The molecule has 0 aliphatic heterocycles. The molecule has 0 aromatic heterocycles. The molecule has 3 aromatic carbocycles. The maximum absolute atomic E-state index is 15.1. The summed E-state index contributed by atoms with van der Waals surface area (Å²) in [6, 6.07) is 1.28. The first kappa shape index (κ1) is 27.9. The summed E-state index contributed by atoms with van der Waals surface area (Å²) >= 11 is 0. The predicted molar refractivity (Wildman–Crippen MR) is 108 cm³/mol. The Morgan fingerprint density at radius 1 is 0.811 bits per heavy atom. The van der Waals surface area contributed by atoms with Crippen LogP contribution < -0.4 is 9.47 Å². The van der Waals surface area contributed by atoms with Crippen LogP contribution >= 0.6 is 0 Å². The minimum atomic E-state index is -5.12. The van der Waals surface area contributed by atoms with Gasteiger partial charge in [-0.25, -0.2) is 26.3 Å². The largest absolute Gasteiger partial charge is 0.432 e. The van der Waals surface area contributed by atoms with E-state index in [2.05, 4.69) is 9.47 Å². The van der Waals surface area contributed by atoms with Gasteiger partial charge in [0.2, 0.25) is 0 Å². The smallest absolute Gasteiger partial charge is 0.429 e.